The van der Waals surface area contributed by atoms with Crippen LogP contribution in [0.25, 0.3) is 0 Å². The van der Waals surface area contributed by atoms with Gasteiger partial charge in [-0.05, 0) is 19.6 Å². The lowest BCUT2D eigenvalue weighted by Gasteiger charge is -2.24. The maximum absolute atomic E-state index is 9.01. The second kappa shape index (κ2) is 7.53. The van der Waals surface area contributed by atoms with E-state index in [1.807, 2.05) is 0 Å². The van der Waals surface area contributed by atoms with Gasteiger partial charge in [0.1, 0.15) is 0 Å². The number of nitrogens with zero attached hydrogens (tertiary/aromatic N) is 1. The van der Waals surface area contributed by atoms with Gasteiger partial charge >= 0.3 is 0 Å². The molecule has 0 amide bonds. The fourth-order valence-corrected chi connectivity index (χ4v) is 1.27. The normalized spacial score (nSPS) is 13.8. The quantitative estimate of drug-likeness (QED) is 0.582. The maximum atomic E-state index is 9.01. The van der Waals surface area contributed by atoms with Crippen LogP contribution in [0.1, 0.15) is 20.8 Å². The summed E-state index contributed by atoms with van der Waals surface area (Å²) in [5, 5.41) is 12.2. The van der Waals surface area contributed by atoms with Crippen LogP contribution in [0.2, 0.25) is 0 Å². The molecule has 0 aromatic carbocycles. The van der Waals surface area contributed by atoms with Crippen LogP contribution in [-0.4, -0.2) is 48.8 Å². The van der Waals surface area contributed by atoms with Crippen molar-refractivity contribution in [2.75, 3.05) is 32.8 Å². The minimum Gasteiger partial charge on any atom is -0.395 e. The fraction of sp³-hybridized carbons (Fsp3) is 1.00. The van der Waals surface area contributed by atoms with Crippen LogP contribution in [0.15, 0.2) is 0 Å². The average Bonchev–Trinajstić information content (AvgIpc) is 2.12. The topological polar surface area (TPSA) is 35.5 Å². The van der Waals surface area contributed by atoms with Gasteiger partial charge in [0.05, 0.1) is 6.61 Å². The summed E-state index contributed by atoms with van der Waals surface area (Å²) in [5.74, 6) is 0. The van der Waals surface area contributed by atoms with Crippen LogP contribution in [0, 0.1) is 0 Å². The third kappa shape index (κ3) is 4.70. The molecule has 12 heavy (non-hydrogen) atoms. The van der Waals surface area contributed by atoms with E-state index in [4.69, 9.17) is 5.11 Å². The standard InChI is InChI=1S/C9H22N2O/c1-4-10-9(8-12)7-11(5-2)6-3/h9-10,12H,4-8H2,1-3H3. The van der Waals surface area contributed by atoms with E-state index in [9.17, 15) is 0 Å². The molecule has 2 N–H and O–H groups in total. The van der Waals surface area contributed by atoms with Crippen molar-refractivity contribution in [1.29, 1.82) is 0 Å². The van der Waals surface area contributed by atoms with Crippen molar-refractivity contribution in [3.63, 3.8) is 0 Å². The van der Waals surface area contributed by atoms with Gasteiger partial charge in [0, 0.05) is 12.6 Å². The molecule has 3 nitrogen and oxygen atoms in total. The van der Waals surface area contributed by atoms with Gasteiger partial charge in [0.25, 0.3) is 0 Å². The van der Waals surface area contributed by atoms with E-state index in [2.05, 4.69) is 31.0 Å². The fourth-order valence-electron chi connectivity index (χ4n) is 1.27. The van der Waals surface area contributed by atoms with E-state index in [1.165, 1.54) is 0 Å². The molecular formula is C9H22N2O. The van der Waals surface area contributed by atoms with Crippen molar-refractivity contribution < 1.29 is 5.11 Å². The van der Waals surface area contributed by atoms with Crippen LogP contribution in [-0.2, 0) is 0 Å². The van der Waals surface area contributed by atoms with Crippen molar-refractivity contribution in [2.45, 2.75) is 26.8 Å². The van der Waals surface area contributed by atoms with Crippen molar-refractivity contribution >= 4 is 0 Å². The summed E-state index contributed by atoms with van der Waals surface area (Å²) in [4.78, 5) is 2.31. The van der Waals surface area contributed by atoms with Crippen LogP contribution in [0.5, 0.6) is 0 Å². The predicted octanol–water partition coefficient (Wildman–Crippen LogP) is 0.299. The van der Waals surface area contributed by atoms with Gasteiger partial charge < -0.3 is 15.3 Å². The first-order valence-electron chi connectivity index (χ1n) is 4.84. The number of aliphatic hydroxyl groups is 1. The van der Waals surface area contributed by atoms with Gasteiger partial charge in [-0.3, -0.25) is 0 Å². The van der Waals surface area contributed by atoms with Crippen molar-refractivity contribution in [3.05, 3.63) is 0 Å². The first-order chi connectivity index (χ1) is 5.78. The first-order valence-corrected chi connectivity index (χ1v) is 4.84. The Kier molecular flexibility index (Phi) is 7.45. The lowest BCUT2D eigenvalue weighted by Crippen LogP contribution is -2.43. The molecule has 1 unspecified atom stereocenters. The minimum atomic E-state index is 0.227. The van der Waals surface area contributed by atoms with Crippen LogP contribution in [0.4, 0.5) is 0 Å². The summed E-state index contributed by atoms with van der Waals surface area (Å²) in [5.41, 5.74) is 0. The Morgan fingerprint density at radius 2 is 1.83 bits per heavy atom. The predicted molar refractivity (Wildman–Crippen MR) is 52.3 cm³/mol. The van der Waals surface area contributed by atoms with E-state index in [0.717, 1.165) is 26.2 Å². The molecule has 0 spiro atoms. The molecule has 0 aliphatic heterocycles. The Balaban J connectivity index is 3.65. The Morgan fingerprint density at radius 3 is 2.17 bits per heavy atom. The van der Waals surface area contributed by atoms with Crippen molar-refractivity contribution in [3.8, 4) is 0 Å². The first kappa shape index (κ1) is 11.9. The van der Waals surface area contributed by atoms with E-state index in [0.29, 0.717) is 0 Å². The molecule has 1 atom stereocenters. The smallest absolute Gasteiger partial charge is 0.0597 e. The average molecular weight is 174 g/mol. The molecule has 0 heterocycles. The lowest BCUT2D eigenvalue weighted by atomic mass is 10.3. The van der Waals surface area contributed by atoms with E-state index >= 15 is 0 Å². The summed E-state index contributed by atoms with van der Waals surface area (Å²) in [6.45, 7) is 10.5. The van der Waals surface area contributed by atoms with Gasteiger partial charge in [0.15, 0.2) is 0 Å². The Morgan fingerprint density at radius 1 is 1.25 bits per heavy atom. The lowest BCUT2D eigenvalue weighted by molar-refractivity contribution is 0.191. The van der Waals surface area contributed by atoms with E-state index in [-0.39, 0.29) is 12.6 Å². The number of hydrogen-bond acceptors (Lipinski definition) is 3. The molecule has 0 bridgehead atoms. The molecule has 0 fully saturated rings. The van der Waals surface area contributed by atoms with Crippen molar-refractivity contribution in [2.24, 2.45) is 0 Å². The molecule has 0 radical (unpaired) electrons. The Bertz CT molecular complexity index is 94.5. The maximum Gasteiger partial charge on any atom is 0.0597 e. The van der Waals surface area contributed by atoms with Crippen LogP contribution < -0.4 is 5.32 Å². The summed E-state index contributed by atoms with van der Waals surface area (Å²) >= 11 is 0. The third-order valence-electron chi connectivity index (χ3n) is 2.09. The highest BCUT2D eigenvalue weighted by Crippen LogP contribution is 1.91. The molecule has 3 heteroatoms. The number of likely N-dealkylation sites (N-methyl/N-ethyl adjacent to an activating group) is 2. The number of rotatable bonds is 7. The van der Waals surface area contributed by atoms with Crippen molar-refractivity contribution in [1.82, 2.24) is 10.2 Å². The zero-order valence-electron chi connectivity index (χ0n) is 8.51. The molecule has 0 aromatic heterocycles. The zero-order chi connectivity index (χ0) is 9.40. The van der Waals surface area contributed by atoms with Crippen LogP contribution >= 0.6 is 0 Å². The molecule has 0 aromatic rings. The van der Waals surface area contributed by atoms with E-state index in [1.54, 1.807) is 0 Å². The molecule has 0 saturated carbocycles. The number of aliphatic hydroxyl groups excluding tert-OH is 1. The van der Waals surface area contributed by atoms with Gasteiger partial charge in [-0.25, -0.2) is 0 Å². The Labute approximate surface area is 75.8 Å². The molecule has 74 valence electrons. The molecule has 0 rings (SSSR count). The molecular weight excluding hydrogens is 152 g/mol. The summed E-state index contributed by atoms with van der Waals surface area (Å²) in [6, 6.07) is 0.231. The molecule has 0 aliphatic rings. The molecule has 0 aliphatic carbocycles. The highest BCUT2D eigenvalue weighted by atomic mass is 16.3. The highest BCUT2D eigenvalue weighted by molar-refractivity contribution is 4.69. The van der Waals surface area contributed by atoms with Gasteiger partial charge in [-0.15, -0.1) is 0 Å². The summed E-state index contributed by atoms with van der Waals surface area (Å²) in [6.07, 6.45) is 0. The zero-order valence-corrected chi connectivity index (χ0v) is 8.51. The minimum absolute atomic E-state index is 0.227. The van der Waals surface area contributed by atoms with Gasteiger partial charge in [-0.1, -0.05) is 20.8 Å². The van der Waals surface area contributed by atoms with Gasteiger partial charge in [0.2, 0.25) is 0 Å². The molecule has 0 saturated heterocycles. The van der Waals surface area contributed by atoms with Crippen LogP contribution in [0.3, 0.4) is 0 Å². The second-order valence-electron chi connectivity index (χ2n) is 2.92. The second-order valence-corrected chi connectivity index (χ2v) is 2.92. The number of hydrogen-bond donors (Lipinski definition) is 2. The summed E-state index contributed by atoms with van der Waals surface area (Å²) < 4.78 is 0. The summed E-state index contributed by atoms with van der Waals surface area (Å²) in [7, 11) is 0. The highest BCUT2D eigenvalue weighted by Gasteiger charge is 2.08. The SMILES string of the molecule is CCNC(CO)CN(CC)CC. The third-order valence-corrected chi connectivity index (χ3v) is 2.09. The monoisotopic (exact) mass is 174 g/mol. The van der Waals surface area contributed by atoms with Gasteiger partial charge in [-0.2, -0.15) is 0 Å². The Hall–Kier alpha value is -0.120. The van der Waals surface area contributed by atoms with E-state index < -0.39 is 0 Å². The number of nitrogens with one attached hydrogen (secondary N) is 1. The largest absolute Gasteiger partial charge is 0.395 e.